The zero-order chi connectivity index (χ0) is 34.7. The van der Waals surface area contributed by atoms with Gasteiger partial charge in [-0.2, -0.15) is 0 Å². The van der Waals surface area contributed by atoms with Crippen LogP contribution in [0, 0.1) is 0 Å². The summed E-state index contributed by atoms with van der Waals surface area (Å²) in [4.78, 5) is 17.8. The van der Waals surface area contributed by atoms with Crippen molar-refractivity contribution in [2.45, 2.75) is 117 Å². The van der Waals surface area contributed by atoms with Crippen LogP contribution in [0.2, 0.25) is 0 Å². The van der Waals surface area contributed by atoms with E-state index in [1.165, 1.54) is 6.92 Å². The lowest BCUT2D eigenvalue weighted by molar-refractivity contribution is -0.383. The van der Waals surface area contributed by atoms with Crippen LogP contribution in [-0.2, 0) is 37.5 Å². The van der Waals surface area contributed by atoms with Crippen LogP contribution in [0.25, 0.3) is 0 Å². The molecule has 3 aliphatic heterocycles. The topological polar surface area (TPSA) is 365 Å². The molecule has 22 nitrogen and oxygen atoms in total. The van der Waals surface area contributed by atoms with Gasteiger partial charge < -0.3 is 99.5 Å². The lowest BCUT2D eigenvalue weighted by Gasteiger charge is -2.48. The van der Waals surface area contributed by atoms with Crippen molar-refractivity contribution in [1.29, 1.82) is 0 Å². The van der Waals surface area contributed by atoms with Gasteiger partial charge in [-0.3, -0.25) is 4.52 Å². The summed E-state index contributed by atoms with van der Waals surface area (Å²) in [5.41, 5.74) is 0. The molecule has 23 heteroatoms. The monoisotopic (exact) mass is 702 g/mol. The summed E-state index contributed by atoms with van der Waals surface area (Å²) in [5.74, 6) is 0. The molecule has 3 heterocycles. The van der Waals surface area contributed by atoms with E-state index in [1.807, 2.05) is 0 Å². The maximum atomic E-state index is 11.0. The van der Waals surface area contributed by atoms with Gasteiger partial charge in [0.1, 0.15) is 85.5 Å². The molecule has 0 amide bonds. The summed E-state index contributed by atoms with van der Waals surface area (Å²) in [7, 11) is -5.08. The number of aliphatic hydroxyl groups is 12. The highest BCUT2D eigenvalue weighted by Gasteiger charge is 2.54. The highest BCUT2D eigenvalue weighted by molar-refractivity contribution is 7.46. The fourth-order valence-corrected chi connectivity index (χ4v) is 5.40. The van der Waals surface area contributed by atoms with Gasteiger partial charge in [0.15, 0.2) is 18.9 Å². The predicted molar refractivity (Wildman–Crippen MR) is 140 cm³/mol. The molecule has 0 aromatic heterocycles. The average molecular weight is 703 g/mol. The number of aliphatic hydroxyl groups excluding tert-OH is 12. The molecular weight excluding hydrogens is 659 g/mol. The number of phosphoric ester groups is 1. The molecule has 14 N–H and O–H groups in total. The van der Waals surface area contributed by atoms with Crippen LogP contribution in [0.4, 0.5) is 0 Å². The van der Waals surface area contributed by atoms with Gasteiger partial charge in [0.2, 0.25) is 0 Å². The van der Waals surface area contributed by atoms with Crippen LogP contribution < -0.4 is 0 Å². The summed E-state index contributed by atoms with van der Waals surface area (Å²) in [6, 6.07) is 0. The SMILES string of the molecule is C[C@@H]1O[C@@H](O[C@H]([C@H](O)COP(=O)(O)O)[C@@H](O)CO)[C@H](O)[C@H](O[C@H]2O[C@H](CO)[C@@H](O)[C@H](O[C@H]3O[C@H](CO)[C@H](O)[C@H](O)[C@H]3O)[C@H]2O)[C@H]1O. The Morgan fingerprint density at radius 3 is 1.67 bits per heavy atom. The van der Waals surface area contributed by atoms with E-state index in [0.717, 1.165) is 0 Å². The van der Waals surface area contributed by atoms with Crippen molar-refractivity contribution >= 4 is 7.82 Å². The first-order valence-electron chi connectivity index (χ1n) is 14.0. The van der Waals surface area contributed by atoms with Gasteiger partial charge >= 0.3 is 7.82 Å². The number of hydrogen-bond acceptors (Lipinski definition) is 20. The Morgan fingerprint density at radius 2 is 1.15 bits per heavy atom. The van der Waals surface area contributed by atoms with Gasteiger partial charge in [-0.25, -0.2) is 4.57 Å². The minimum Gasteiger partial charge on any atom is -0.394 e. The van der Waals surface area contributed by atoms with Crippen molar-refractivity contribution in [2.75, 3.05) is 26.4 Å². The van der Waals surface area contributed by atoms with E-state index < -0.39 is 145 Å². The third-order valence-electron chi connectivity index (χ3n) is 7.68. The van der Waals surface area contributed by atoms with Crippen LogP contribution in [0.15, 0.2) is 0 Å². The summed E-state index contributed by atoms with van der Waals surface area (Å²) < 4.78 is 47.8. The lowest BCUT2D eigenvalue weighted by atomic mass is 9.96. The number of phosphoric acid groups is 1. The molecule has 0 radical (unpaired) electrons. The highest BCUT2D eigenvalue weighted by Crippen LogP contribution is 2.37. The van der Waals surface area contributed by atoms with Crippen molar-refractivity contribution in [3.8, 4) is 0 Å². The van der Waals surface area contributed by atoms with Crippen LogP contribution in [0.5, 0.6) is 0 Å². The van der Waals surface area contributed by atoms with E-state index in [-0.39, 0.29) is 0 Å². The Hall–Kier alpha value is -0.610. The quantitative estimate of drug-likeness (QED) is 0.0747. The summed E-state index contributed by atoms with van der Waals surface area (Å²) in [6.45, 7) is -2.59. The molecule has 3 rings (SSSR count). The number of hydrogen-bond donors (Lipinski definition) is 14. The summed E-state index contributed by atoms with van der Waals surface area (Å²) in [5, 5.41) is 123. The zero-order valence-electron chi connectivity index (χ0n) is 24.2. The first-order chi connectivity index (χ1) is 21.4. The van der Waals surface area contributed by atoms with Gasteiger partial charge in [-0.15, -0.1) is 0 Å². The molecule has 0 unspecified atom stereocenters. The van der Waals surface area contributed by atoms with Crippen LogP contribution in [0.3, 0.4) is 0 Å². The van der Waals surface area contributed by atoms with Crippen LogP contribution in [-0.4, -0.2) is 208 Å². The van der Waals surface area contributed by atoms with E-state index in [4.69, 9.17) is 38.2 Å². The molecule has 46 heavy (non-hydrogen) atoms. The smallest absolute Gasteiger partial charge is 0.394 e. The molecule has 272 valence electrons. The Balaban J connectivity index is 1.79. The van der Waals surface area contributed by atoms with E-state index in [2.05, 4.69) is 4.52 Å². The second-order valence-corrected chi connectivity index (χ2v) is 12.2. The van der Waals surface area contributed by atoms with Gasteiger partial charge in [-0.05, 0) is 6.92 Å². The van der Waals surface area contributed by atoms with E-state index >= 15 is 0 Å². The van der Waals surface area contributed by atoms with Crippen molar-refractivity contribution in [2.24, 2.45) is 0 Å². The van der Waals surface area contributed by atoms with Crippen molar-refractivity contribution < 1.29 is 109 Å². The summed E-state index contributed by atoms with van der Waals surface area (Å²) >= 11 is 0. The van der Waals surface area contributed by atoms with Crippen molar-refractivity contribution in [3.05, 3.63) is 0 Å². The molecule has 3 fully saturated rings. The maximum Gasteiger partial charge on any atom is 0.469 e. The molecule has 0 aliphatic carbocycles. The van der Waals surface area contributed by atoms with E-state index in [9.17, 15) is 65.8 Å². The van der Waals surface area contributed by atoms with Gasteiger partial charge in [0.25, 0.3) is 0 Å². The molecule has 3 aliphatic rings. The van der Waals surface area contributed by atoms with Gasteiger partial charge in [0.05, 0.1) is 32.5 Å². The first-order valence-corrected chi connectivity index (χ1v) is 15.6. The molecule has 0 bridgehead atoms. The second-order valence-electron chi connectivity index (χ2n) is 11.0. The molecule has 0 aromatic rings. The van der Waals surface area contributed by atoms with Crippen LogP contribution in [0.1, 0.15) is 6.92 Å². The fraction of sp³-hybridized carbons (Fsp3) is 1.00. The zero-order valence-corrected chi connectivity index (χ0v) is 25.1. The molecule has 0 aromatic carbocycles. The minimum absolute atomic E-state index is 0.820. The number of ether oxygens (including phenoxy) is 6. The summed E-state index contributed by atoms with van der Waals surface area (Å²) in [6.07, 6.45) is -32.6. The average Bonchev–Trinajstić information content (AvgIpc) is 3.01. The van der Waals surface area contributed by atoms with Crippen molar-refractivity contribution in [3.63, 3.8) is 0 Å². The Bertz CT molecular complexity index is 972. The third-order valence-corrected chi connectivity index (χ3v) is 8.17. The Labute approximate surface area is 260 Å². The second kappa shape index (κ2) is 16.9. The van der Waals surface area contributed by atoms with E-state index in [0.29, 0.717) is 0 Å². The molecule has 18 atom stereocenters. The van der Waals surface area contributed by atoms with E-state index in [1.54, 1.807) is 0 Å². The largest absolute Gasteiger partial charge is 0.469 e. The standard InChI is InChI=1S/C23H43O22P/c1-6-11(29)19(16(34)22(40-6)43-18(7(27)2-24)8(28)5-39-46(36,37)38)44-23-17(35)20(13(31)10(4-26)42-23)45-21-15(33)14(32)12(30)9(3-25)41-21/h6-35H,2-5H2,1H3,(H2,36,37,38)/t6-,7-,8+,9+,10+,11-,12-,13+,14-,15+,16+,17+,18-,19+,20-,21+,22-,23+/m0/s1. The Kier molecular flexibility index (Phi) is 14.6. The Morgan fingerprint density at radius 1 is 0.652 bits per heavy atom. The third kappa shape index (κ3) is 9.34. The normalized spacial score (nSPS) is 44.5. The number of rotatable bonds is 14. The first kappa shape index (κ1) is 39.8. The van der Waals surface area contributed by atoms with Crippen molar-refractivity contribution in [1.82, 2.24) is 0 Å². The highest BCUT2D eigenvalue weighted by atomic mass is 31.2. The predicted octanol–water partition coefficient (Wildman–Crippen LogP) is -8.33. The lowest BCUT2D eigenvalue weighted by Crippen LogP contribution is -2.66. The van der Waals surface area contributed by atoms with Gasteiger partial charge in [0, 0.05) is 0 Å². The van der Waals surface area contributed by atoms with Gasteiger partial charge in [-0.1, -0.05) is 0 Å². The molecule has 0 saturated carbocycles. The molecule has 3 saturated heterocycles. The maximum absolute atomic E-state index is 11.0. The van der Waals surface area contributed by atoms with Crippen LogP contribution >= 0.6 is 7.82 Å². The fourth-order valence-electron chi connectivity index (χ4n) is 5.05. The minimum atomic E-state index is -5.08. The molecular formula is C23H43O22P. The molecule has 0 spiro atoms.